The third-order valence-corrected chi connectivity index (χ3v) is 1.44. The molecule has 0 amide bonds. The summed E-state index contributed by atoms with van der Waals surface area (Å²) in [6, 6.07) is 0. The van der Waals surface area contributed by atoms with E-state index in [1.54, 1.807) is 6.20 Å². The first-order valence-corrected chi connectivity index (χ1v) is 3.47. The average molecular weight is 136 g/mol. The Labute approximate surface area is 61.4 Å². The van der Waals surface area contributed by atoms with E-state index in [-0.39, 0.29) is 0 Å². The fourth-order valence-corrected chi connectivity index (χ4v) is 0.906. The van der Waals surface area contributed by atoms with E-state index < -0.39 is 0 Å². The molecule has 0 aromatic carbocycles. The van der Waals surface area contributed by atoms with Gasteiger partial charge in [0.2, 0.25) is 0 Å². The zero-order valence-electron chi connectivity index (χ0n) is 6.01. The summed E-state index contributed by atoms with van der Waals surface area (Å²) in [5.74, 6) is 0. The van der Waals surface area contributed by atoms with Gasteiger partial charge in [-0.25, -0.2) is 0 Å². The fraction of sp³-hybridized carbons (Fsp3) is 0.375. The van der Waals surface area contributed by atoms with Crippen LogP contribution in [0.5, 0.6) is 0 Å². The SMILES string of the molecule is C=CN=CC1=CCNCC1. The zero-order chi connectivity index (χ0) is 7.23. The topological polar surface area (TPSA) is 24.4 Å². The maximum atomic E-state index is 3.94. The molecular formula is C8H12N2. The van der Waals surface area contributed by atoms with Gasteiger partial charge in [0.15, 0.2) is 0 Å². The molecule has 1 rings (SSSR count). The summed E-state index contributed by atoms with van der Waals surface area (Å²) in [4.78, 5) is 3.94. The lowest BCUT2D eigenvalue weighted by atomic mass is 10.1. The Balaban J connectivity index is 2.45. The van der Waals surface area contributed by atoms with E-state index >= 15 is 0 Å². The molecule has 0 aliphatic carbocycles. The lowest BCUT2D eigenvalue weighted by Crippen LogP contribution is -2.20. The second-order valence-corrected chi connectivity index (χ2v) is 2.19. The van der Waals surface area contributed by atoms with Crippen molar-refractivity contribution in [1.29, 1.82) is 0 Å². The maximum Gasteiger partial charge on any atom is 0.0297 e. The predicted octanol–water partition coefficient (Wildman–Crippen LogP) is 1.12. The van der Waals surface area contributed by atoms with Gasteiger partial charge in [-0.05, 0) is 18.5 Å². The molecule has 0 radical (unpaired) electrons. The van der Waals surface area contributed by atoms with Crippen LogP contribution in [-0.4, -0.2) is 19.3 Å². The second-order valence-electron chi connectivity index (χ2n) is 2.19. The molecule has 1 N–H and O–H groups in total. The highest BCUT2D eigenvalue weighted by molar-refractivity contribution is 5.79. The van der Waals surface area contributed by atoms with Gasteiger partial charge >= 0.3 is 0 Å². The fourth-order valence-electron chi connectivity index (χ4n) is 0.906. The van der Waals surface area contributed by atoms with E-state index in [0.29, 0.717) is 0 Å². The van der Waals surface area contributed by atoms with Gasteiger partial charge in [-0.15, -0.1) is 0 Å². The lowest BCUT2D eigenvalue weighted by molar-refractivity contribution is 0.718. The van der Waals surface area contributed by atoms with Crippen molar-refractivity contribution in [3.63, 3.8) is 0 Å². The van der Waals surface area contributed by atoms with Gasteiger partial charge < -0.3 is 5.32 Å². The summed E-state index contributed by atoms with van der Waals surface area (Å²) >= 11 is 0. The molecule has 0 fully saturated rings. The van der Waals surface area contributed by atoms with Crippen molar-refractivity contribution in [3.05, 3.63) is 24.4 Å². The molecule has 2 nitrogen and oxygen atoms in total. The number of hydrogen-bond acceptors (Lipinski definition) is 2. The van der Waals surface area contributed by atoms with Crippen LogP contribution < -0.4 is 5.32 Å². The maximum absolute atomic E-state index is 3.94. The number of nitrogens with one attached hydrogen (secondary N) is 1. The Bertz CT molecular complexity index is 165. The van der Waals surface area contributed by atoms with Crippen LogP contribution >= 0.6 is 0 Å². The molecular weight excluding hydrogens is 124 g/mol. The van der Waals surface area contributed by atoms with Crippen LogP contribution in [0.1, 0.15) is 6.42 Å². The number of aliphatic imine (C=N–C) groups is 1. The summed E-state index contributed by atoms with van der Waals surface area (Å²) in [5.41, 5.74) is 1.30. The minimum atomic E-state index is 0.971. The van der Waals surface area contributed by atoms with Crippen molar-refractivity contribution < 1.29 is 0 Å². The van der Waals surface area contributed by atoms with Crippen molar-refractivity contribution in [2.24, 2.45) is 4.99 Å². The molecule has 2 heteroatoms. The van der Waals surface area contributed by atoms with E-state index in [9.17, 15) is 0 Å². The Morgan fingerprint density at radius 3 is 3.20 bits per heavy atom. The summed E-state index contributed by atoms with van der Waals surface area (Å²) in [5, 5.41) is 3.23. The highest BCUT2D eigenvalue weighted by atomic mass is 14.8. The van der Waals surface area contributed by atoms with Crippen LogP contribution in [0.15, 0.2) is 29.4 Å². The molecule has 0 atom stereocenters. The van der Waals surface area contributed by atoms with E-state index in [0.717, 1.165) is 19.5 Å². The molecule has 1 aliphatic rings. The van der Waals surface area contributed by atoms with Gasteiger partial charge in [0.25, 0.3) is 0 Å². The van der Waals surface area contributed by atoms with E-state index in [4.69, 9.17) is 0 Å². The monoisotopic (exact) mass is 136 g/mol. The van der Waals surface area contributed by atoms with Crippen LogP contribution in [0.4, 0.5) is 0 Å². The third kappa shape index (κ3) is 2.15. The van der Waals surface area contributed by atoms with Gasteiger partial charge in [-0.1, -0.05) is 12.7 Å². The lowest BCUT2D eigenvalue weighted by Gasteiger charge is -2.08. The van der Waals surface area contributed by atoms with Gasteiger partial charge in [0.05, 0.1) is 0 Å². The number of rotatable bonds is 2. The van der Waals surface area contributed by atoms with Crippen molar-refractivity contribution in [2.45, 2.75) is 6.42 Å². The first-order chi connectivity index (χ1) is 4.93. The highest BCUT2D eigenvalue weighted by Gasteiger charge is 1.97. The van der Waals surface area contributed by atoms with Crippen LogP contribution in [0.25, 0.3) is 0 Å². The molecule has 10 heavy (non-hydrogen) atoms. The Kier molecular flexibility index (Phi) is 2.90. The van der Waals surface area contributed by atoms with Gasteiger partial charge in [-0.2, -0.15) is 0 Å². The molecule has 1 heterocycles. The Morgan fingerprint density at radius 1 is 1.70 bits per heavy atom. The quantitative estimate of drug-likeness (QED) is 0.565. The Hall–Kier alpha value is -0.890. The Morgan fingerprint density at radius 2 is 2.60 bits per heavy atom. The van der Waals surface area contributed by atoms with Crippen molar-refractivity contribution >= 4 is 6.21 Å². The minimum absolute atomic E-state index is 0.971. The molecule has 1 aliphatic heterocycles. The smallest absolute Gasteiger partial charge is 0.0297 e. The first kappa shape index (κ1) is 7.22. The number of nitrogens with zero attached hydrogens (tertiary/aromatic N) is 1. The van der Waals surface area contributed by atoms with Crippen LogP contribution in [0, 0.1) is 0 Å². The summed E-state index contributed by atoms with van der Waals surface area (Å²) in [6.45, 7) is 5.54. The molecule has 0 spiro atoms. The molecule has 0 aromatic heterocycles. The molecule has 0 saturated carbocycles. The average Bonchev–Trinajstić information content (AvgIpc) is 2.03. The van der Waals surface area contributed by atoms with Crippen molar-refractivity contribution in [1.82, 2.24) is 5.32 Å². The summed E-state index contributed by atoms with van der Waals surface area (Å²) in [6.07, 6.45) is 6.66. The third-order valence-electron chi connectivity index (χ3n) is 1.44. The van der Waals surface area contributed by atoms with Crippen LogP contribution in [0.3, 0.4) is 0 Å². The van der Waals surface area contributed by atoms with E-state index in [1.165, 1.54) is 5.57 Å². The van der Waals surface area contributed by atoms with Crippen molar-refractivity contribution in [2.75, 3.05) is 13.1 Å². The molecule has 0 saturated heterocycles. The zero-order valence-corrected chi connectivity index (χ0v) is 6.01. The summed E-state index contributed by atoms with van der Waals surface area (Å²) in [7, 11) is 0. The normalized spacial score (nSPS) is 19.0. The van der Waals surface area contributed by atoms with E-state index in [2.05, 4.69) is 23.0 Å². The van der Waals surface area contributed by atoms with Gasteiger partial charge in [-0.3, -0.25) is 4.99 Å². The predicted molar refractivity (Wildman–Crippen MR) is 44.3 cm³/mol. The minimum Gasteiger partial charge on any atom is -0.313 e. The number of hydrogen-bond donors (Lipinski definition) is 1. The van der Waals surface area contributed by atoms with Gasteiger partial charge in [0.1, 0.15) is 0 Å². The second kappa shape index (κ2) is 4.01. The largest absolute Gasteiger partial charge is 0.313 e. The van der Waals surface area contributed by atoms with Gasteiger partial charge in [0, 0.05) is 19.0 Å². The molecule has 0 unspecified atom stereocenters. The highest BCUT2D eigenvalue weighted by Crippen LogP contribution is 2.00. The molecule has 0 bridgehead atoms. The van der Waals surface area contributed by atoms with Crippen LogP contribution in [0.2, 0.25) is 0 Å². The van der Waals surface area contributed by atoms with Crippen LogP contribution in [-0.2, 0) is 0 Å². The standard InChI is InChI=1S/C8H12N2/c1-2-9-7-8-3-5-10-6-4-8/h2-3,7,10H,1,4-6H2. The van der Waals surface area contributed by atoms with E-state index in [1.807, 2.05) is 6.21 Å². The molecule has 0 aromatic rings. The summed E-state index contributed by atoms with van der Waals surface area (Å²) < 4.78 is 0. The molecule has 54 valence electrons. The van der Waals surface area contributed by atoms with Crippen molar-refractivity contribution in [3.8, 4) is 0 Å². The first-order valence-electron chi connectivity index (χ1n) is 3.47.